The van der Waals surface area contributed by atoms with Gasteiger partial charge in [-0.2, -0.15) is 8.42 Å². The number of carbonyl (C=O) groups is 1. The Bertz CT molecular complexity index is 630. The summed E-state index contributed by atoms with van der Waals surface area (Å²) in [5.74, 6) is 2.01. The number of hydrogen-bond acceptors (Lipinski definition) is 3. The Labute approximate surface area is 105 Å². The van der Waals surface area contributed by atoms with Crippen LogP contribution in [0.4, 0.5) is 5.69 Å². The molecule has 1 aliphatic heterocycles. The lowest BCUT2D eigenvalue weighted by molar-refractivity contribution is -0.117. The SMILES string of the molecule is C#CC1CC(=O)N(c2ccccc2S(=O)(=O)O)C1. The van der Waals surface area contributed by atoms with Crippen molar-refractivity contribution >= 4 is 21.7 Å². The van der Waals surface area contributed by atoms with Gasteiger partial charge in [-0.25, -0.2) is 0 Å². The van der Waals surface area contributed by atoms with Gasteiger partial charge in [0.1, 0.15) is 4.90 Å². The summed E-state index contributed by atoms with van der Waals surface area (Å²) in [6.07, 6.45) is 5.45. The second kappa shape index (κ2) is 4.44. The molecule has 1 atom stereocenters. The molecule has 1 aliphatic rings. The van der Waals surface area contributed by atoms with Gasteiger partial charge in [-0.3, -0.25) is 9.35 Å². The first-order valence-corrected chi connectivity index (χ1v) is 6.70. The van der Waals surface area contributed by atoms with E-state index < -0.39 is 10.1 Å². The molecule has 0 saturated carbocycles. The summed E-state index contributed by atoms with van der Waals surface area (Å²) in [5.41, 5.74) is 0.169. The number of benzene rings is 1. The number of amides is 1. The van der Waals surface area contributed by atoms with Crippen molar-refractivity contribution in [2.24, 2.45) is 5.92 Å². The van der Waals surface area contributed by atoms with Gasteiger partial charge < -0.3 is 4.90 Å². The molecule has 1 heterocycles. The number of carbonyl (C=O) groups excluding carboxylic acids is 1. The van der Waals surface area contributed by atoms with E-state index in [4.69, 9.17) is 11.0 Å². The van der Waals surface area contributed by atoms with Crippen LogP contribution < -0.4 is 4.90 Å². The van der Waals surface area contributed by atoms with Crippen molar-refractivity contribution in [3.05, 3.63) is 24.3 Å². The predicted octanol–water partition coefficient (Wildman–Crippen LogP) is 0.919. The van der Waals surface area contributed by atoms with Gasteiger partial charge in [0.05, 0.1) is 5.69 Å². The largest absolute Gasteiger partial charge is 0.310 e. The molecule has 0 spiro atoms. The van der Waals surface area contributed by atoms with Crippen LogP contribution in [0.25, 0.3) is 0 Å². The Morgan fingerprint density at radius 2 is 2.06 bits per heavy atom. The second-order valence-corrected chi connectivity index (χ2v) is 5.40. The third kappa shape index (κ3) is 2.23. The van der Waals surface area contributed by atoms with Gasteiger partial charge in [-0.05, 0) is 12.1 Å². The number of anilines is 1. The van der Waals surface area contributed by atoms with E-state index in [1.165, 1.54) is 23.1 Å². The maximum absolute atomic E-state index is 11.8. The van der Waals surface area contributed by atoms with Gasteiger partial charge in [-0.15, -0.1) is 12.3 Å². The Hall–Kier alpha value is -1.84. The molecule has 1 amide bonds. The van der Waals surface area contributed by atoms with Crippen LogP contribution >= 0.6 is 0 Å². The molecule has 1 unspecified atom stereocenters. The fourth-order valence-corrected chi connectivity index (χ4v) is 2.64. The maximum Gasteiger partial charge on any atom is 0.296 e. The zero-order chi connectivity index (χ0) is 13.3. The molecular formula is C12H11NO4S. The molecule has 0 aliphatic carbocycles. The highest BCUT2D eigenvalue weighted by Gasteiger charge is 2.32. The molecule has 0 aromatic heterocycles. The molecule has 2 rings (SSSR count). The Kier molecular flexibility index (Phi) is 3.11. The molecule has 18 heavy (non-hydrogen) atoms. The molecule has 1 N–H and O–H groups in total. The van der Waals surface area contributed by atoms with Crippen LogP contribution in [0.1, 0.15) is 6.42 Å². The van der Waals surface area contributed by atoms with Gasteiger partial charge in [0.25, 0.3) is 10.1 Å². The van der Waals surface area contributed by atoms with Crippen molar-refractivity contribution in [2.75, 3.05) is 11.4 Å². The standard InChI is InChI=1S/C12H11NO4S/c1-2-9-7-12(14)13(8-9)10-5-3-4-6-11(10)18(15,16)17/h1,3-6,9H,7-8H2,(H,15,16,17). The van der Waals surface area contributed by atoms with Crippen molar-refractivity contribution in [1.29, 1.82) is 0 Å². The molecule has 1 aromatic carbocycles. The highest BCUT2D eigenvalue weighted by molar-refractivity contribution is 7.86. The highest BCUT2D eigenvalue weighted by Crippen LogP contribution is 2.30. The minimum atomic E-state index is -4.36. The summed E-state index contributed by atoms with van der Waals surface area (Å²) < 4.78 is 31.6. The highest BCUT2D eigenvalue weighted by atomic mass is 32.2. The molecule has 94 valence electrons. The van der Waals surface area contributed by atoms with Crippen LogP contribution in [-0.4, -0.2) is 25.4 Å². The molecule has 1 fully saturated rings. The van der Waals surface area contributed by atoms with Crippen LogP contribution in [0.15, 0.2) is 29.2 Å². The average Bonchev–Trinajstić information content (AvgIpc) is 2.69. The van der Waals surface area contributed by atoms with Gasteiger partial charge in [0.15, 0.2) is 0 Å². The summed E-state index contributed by atoms with van der Waals surface area (Å²) in [5, 5.41) is 0. The number of nitrogens with zero attached hydrogens (tertiary/aromatic N) is 1. The van der Waals surface area contributed by atoms with Crippen molar-refractivity contribution < 1.29 is 17.8 Å². The molecule has 5 nitrogen and oxygen atoms in total. The van der Waals surface area contributed by atoms with Crippen molar-refractivity contribution in [2.45, 2.75) is 11.3 Å². The number of rotatable bonds is 2. The van der Waals surface area contributed by atoms with Crippen LogP contribution in [0.5, 0.6) is 0 Å². The number of terminal acetylenes is 1. The molecule has 0 radical (unpaired) electrons. The fourth-order valence-electron chi connectivity index (χ4n) is 1.95. The first-order chi connectivity index (χ1) is 8.43. The van der Waals surface area contributed by atoms with Crippen LogP contribution in [0.2, 0.25) is 0 Å². The summed E-state index contributed by atoms with van der Waals surface area (Å²) in [7, 11) is -4.36. The normalized spacial score (nSPS) is 19.9. The van der Waals surface area contributed by atoms with Crippen LogP contribution in [0, 0.1) is 18.3 Å². The summed E-state index contributed by atoms with van der Waals surface area (Å²) in [6, 6.07) is 5.80. The first kappa shape index (κ1) is 12.6. The van der Waals surface area contributed by atoms with Gasteiger partial charge >= 0.3 is 0 Å². The zero-order valence-electron chi connectivity index (χ0n) is 9.41. The minimum absolute atomic E-state index is 0.169. The number of para-hydroxylation sites is 1. The molecule has 1 saturated heterocycles. The van der Waals surface area contributed by atoms with E-state index in [0.29, 0.717) is 0 Å². The van der Waals surface area contributed by atoms with E-state index in [-0.39, 0.29) is 35.4 Å². The van der Waals surface area contributed by atoms with Gasteiger partial charge in [0.2, 0.25) is 5.91 Å². The van der Waals surface area contributed by atoms with Crippen LogP contribution in [-0.2, 0) is 14.9 Å². The van der Waals surface area contributed by atoms with Gasteiger partial charge in [-0.1, -0.05) is 12.1 Å². The maximum atomic E-state index is 11.8. The monoisotopic (exact) mass is 265 g/mol. The summed E-state index contributed by atoms with van der Waals surface area (Å²) in [4.78, 5) is 12.8. The van der Waals surface area contributed by atoms with Crippen molar-refractivity contribution in [3.63, 3.8) is 0 Å². The zero-order valence-corrected chi connectivity index (χ0v) is 10.2. The summed E-state index contributed by atoms with van der Waals surface area (Å²) >= 11 is 0. The third-order valence-corrected chi connectivity index (χ3v) is 3.70. The number of hydrogen-bond donors (Lipinski definition) is 1. The first-order valence-electron chi connectivity index (χ1n) is 5.26. The predicted molar refractivity (Wildman–Crippen MR) is 65.5 cm³/mol. The second-order valence-electron chi connectivity index (χ2n) is 4.01. The lowest BCUT2D eigenvalue weighted by atomic mass is 10.1. The van der Waals surface area contributed by atoms with E-state index in [0.717, 1.165) is 0 Å². The van der Waals surface area contributed by atoms with Crippen molar-refractivity contribution in [1.82, 2.24) is 0 Å². The minimum Gasteiger partial charge on any atom is -0.310 e. The topological polar surface area (TPSA) is 74.7 Å². The molecular weight excluding hydrogens is 254 g/mol. The Morgan fingerprint density at radius 3 is 2.61 bits per heavy atom. The van der Waals surface area contributed by atoms with Crippen LogP contribution in [0.3, 0.4) is 0 Å². The molecule has 0 bridgehead atoms. The quantitative estimate of drug-likeness (QED) is 0.637. The van der Waals surface area contributed by atoms with E-state index in [1.807, 2.05) is 0 Å². The Morgan fingerprint density at radius 1 is 1.39 bits per heavy atom. The van der Waals surface area contributed by atoms with E-state index in [9.17, 15) is 13.2 Å². The molecule has 6 heteroatoms. The summed E-state index contributed by atoms with van der Waals surface area (Å²) in [6.45, 7) is 0.266. The fraction of sp³-hybridized carbons (Fsp3) is 0.250. The van der Waals surface area contributed by atoms with E-state index >= 15 is 0 Å². The molecule has 1 aromatic rings. The lowest BCUT2D eigenvalue weighted by Crippen LogP contribution is -2.26. The van der Waals surface area contributed by atoms with Crippen molar-refractivity contribution in [3.8, 4) is 12.3 Å². The van der Waals surface area contributed by atoms with E-state index in [2.05, 4.69) is 5.92 Å². The third-order valence-electron chi connectivity index (χ3n) is 2.79. The Balaban J connectivity index is 2.48. The van der Waals surface area contributed by atoms with Gasteiger partial charge in [0, 0.05) is 18.9 Å². The average molecular weight is 265 g/mol. The lowest BCUT2D eigenvalue weighted by Gasteiger charge is -2.18. The smallest absolute Gasteiger partial charge is 0.296 e. The van der Waals surface area contributed by atoms with E-state index in [1.54, 1.807) is 6.07 Å².